The Hall–Kier alpha value is -2.21. The molecule has 0 amide bonds. The van der Waals surface area contributed by atoms with Crippen LogP contribution in [0.4, 0.5) is 4.39 Å². The Morgan fingerprint density at radius 2 is 1.96 bits per heavy atom. The molecule has 0 aromatic heterocycles. The number of esters is 1. The van der Waals surface area contributed by atoms with Crippen molar-refractivity contribution in [1.29, 1.82) is 0 Å². The molecule has 2 rings (SSSR count). The Kier molecular flexibility index (Phi) is 6.70. The Morgan fingerprint density at radius 1 is 1.28 bits per heavy atom. The van der Waals surface area contributed by atoms with Crippen LogP contribution in [0.25, 0.3) is 0 Å². The molecule has 0 unspecified atom stereocenters. The molecule has 0 spiro atoms. The van der Waals surface area contributed by atoms with E-state index in [1.807, 2.05) is 6.92 Å². The van der Waals surface area contributed by atoms with E-state index < -0.39 is 11.8 Å². The van der Waals surface area contributed by atoms with Crippen LogP contribution >= 0.6 is 15.9 Å². The summed E-state index contributed by atoms with van der Waals surface area (Å²) in [5.41, 5.74) is 0.0550. The Morgan fingerprint density at radius 3 is 2.56 bits per heavy atom. The number of halogens is 2. The number of carbonyl (C=O) groups is 2. The molecule has 25 heavy (non-hydrogen) atoms. The van der Waals surface area contributed by atoms with Crippen molar-refractivity contribution in [2.24, 2.45) is 0 Å². The van der Waals surface area contributed by atoms with Gasteiger partial charge in [0.1, 0.15) is 17.1 Å². The van der Waals surface area contributed by atoms with Gasteiger partial charge in [0.15, 0.2) is 12.1 Å². The predicted octanol–water partition coefficient (Wildman–Crippen LogP) is 5.11. The smallest absolute Gasteiger partial charge is 0.347 e. The van der Waals surface area contributed by atoms with Gasteiger partial charge in [-0.25, -0.2) is 9.18 Å². The molecule has 4 nitrogen and oxygen atoms in total. The fraction of sp³-hybridized carbons (Fsp3) is 0.263. The van der Waals surface area contributed by atoms with Crippen molar-refractivity contribution in [2.75, 3.05) is 6.61 Å². The Bertz CT molecular complexity index is 775. The average Bonchev–Trinajstić information content (AvgIpc) is 2.61. The van der Waals surface area contributed by atoms with Crippen LogP contribution in [0.15, 0.2) is 34.8 Å². The molecule has 6 heteroatoms. The molecule has 2 aromatic rings. The van der Waals surface area contributed by atoms with E-state index in [4.69, 9.17) is 9.47 Å². The Labute approximate surface area is 154 Å². The molecule has 2 aromatic carbocycles. The van der Waals surface area contributed by atoms with Gasteiger partial charge in [0.05, 0.1) is 16.6 Å². The lowest BCUT2D eigenvalue weighted by Gasteiger charge is -2.17. The zero-order chi connectivity index (χ0) is 18.4. The van der Waals surface area contributed by atoms with Gasteiger partial charge in [0, 0.05) is 0 Å². The van der Waals surface area contributed by atoms with Crippen molar-refractivity contribution < 1.29 is 23.5 Å². The summed E-state index contributed by atoms with van der Waals surface area (Å²) in [6.45, 7) is 3.81. The van der Waals surface area contributed by atoms with Crippen LogP contribution in [-0.2, 0) is 0 Å². The van der Waals surface area contributed by atoms with Gasteiger partial charge in [-0.1, -0.05) is 31.5 Å². The highest BCUT2D eigenvalue weighted by Gasteiger charge is 2.27. The summed E-state index contributed by atoms with van der Waals surface area (Å²) in [4.78, 5) is 24.0. The maximum absolute atomic E-state index is 14.4. The highest BCUT2D eigenvalue weighted by Crippen LogP contribution is 2.36. The summed E-state index contributed by atoms with van der Waals surface area (Å²) < 4.78 is 25.4. The van der Waals surface area contributed by atoms with Gasteiger partial charge in [-0.15, -0.1) is 0 Å². The first kappa shape index (κ1) is 19.1. The van der Waals surface area contributed by atoms with Gasteiger partial charge < -0.3 is 9.47 Å². The van der Waals surface area contributed by atoms with E-state index in [1.54, 1.807) is 37.3 Å². The predicted molar refractivity (Wildman–Crippen MR) is 96.0 cm³/mol. The number of unbranched alkanes of at least 4 members (excludes halogenated alkanes) is 1. The molecule has 0 bridgehead atoms. The van der Waals surface area contributed by atoms with Crippen LogP contribution in [0.3, 0.4) is 0 Å². The zero-order valence-corrected chi connectivity index (χ0v) is 15.6. The summed E-state index contributed by atoms with van der Waals surface area (Å²) >= 11 is 3.09. The van der Waals surface area contributed by atoms with Crippen LogP contribution in [0, 0.1) is 12.7 Å². The maximum atomic E-state index is 14.4. The standard InChI is InChI=1S/C19H18BrFO4/c1-3-4-10-24-18-14(11-22)17(21)16(20)12(2)15(18)19(23)25-13-8-6-5-7-9-13/h5-9,11H,3-4,10H2,1-2H3. The van der Waals surface area contributed by atoms with Crippen molar-refractivity contribution >= 4 is 28.2 Å². The van der Waals surface area contributed by atoms with Crippen molar-refractivity contribution in [2.45, 2.75) is 26.7 Å². The Balaban J connectivity index is 2.51. The number of para-hydroxylation sites is 1. The van der Waals surface area contributed by atoms with Crippen LogP contribution in [0.1, 0.15) is 46.0 Å². The fourth-order valence-corrected chi connectivity index (χ4v) is 2.68. The monoisotopic (exact) mass is 408 g/mol. The van der Waals surface area contributed by atoms with Gasteiger partial charge in [-0.05, 0) is 47.0 Å². The summed E-state index contributed by atoms with van der Waals surface area (Å²) in [7, 11) is 0. The lowest BCUT2D eigenvalue weighted by atomic mass is 10.0. The normalized spacial score (nSPS) is 10.4. The quantitative estimate of drug-likeness (QED) is 0.276. The zero-order valence-electron chi connectivity index (χ0n) is 14.0. The van der Waals surface area contributed by atoms with Gasteiger partial charge in [-0.2, -0.15) is 0 Å². The molecule has 0 aliphatic rings. The summed E-state index contributed by atoms with van der Waals surface area (Å²) in [5.74, 6) is -1.20. The number of rotatable bonds is 7. The van der Waals surface area contributed by atoms with E-state index in [0.29, 0.717) is 24.0 Å². The minimum atomic E-state index is -0.754. The fourth-order valence-electron chi connectivity index (χ4n) is 2.26. The van der Waals surface area contributed by atoms with Crippen molar-refractivity contribution in [3.63, 3.8) is 0 Å². The summed E-state index contributed by atoms with van der Waals surface area (Å²) in [5, 5.41) is 0. The molecule has 0 atom stereocenters. The van der Waals surface area contributed by atoms with Gasteiger partial charge in [0.2, 0.25) is 0 Å². The molecule has 0 heterocycles. The third-order valence-corrected chi connectivity index (χ3v) is 4.57. The number of aldehydes is 1. The average molecular weight is 409 g/mol. The number of hydrogen-bond acceptors (Lipinski definition) is 4. The molecule has 0 N–H and O–H groups in total. The van der Waals surface area contributed by atoms with Crippen LogP contribution in [0.2, 0.25) is 0 Å². The summed E-state index contributed by atoms with van der Waals surface area (Å²) in [6.07, 6.45) is 1.92. The largest absolute Gasteiger partial charge is 0.492 e. The maximum Gasteiger partial charge on any atom is 0.347 e. The van der Waals surface area contributed by atoms with E-state index in [0.717, 1.165) is 6.42 Å². The highest BCUT2D eigenvalue weighted by molar-refractivity contribution is 9.10. The van der Waals surface area contributed by atoms with Crippen LogP contribution in [0.5, 0.6) is 11.5 Å². The molecular formula is C19H18BrFO4. The topological polar surface area (TPSA) is 52.6 Å². The molecule has 0 radical (unpaired) electrons. The van der Waals surface area contributed by atoms with Crippen molar-refractivity contribution in [3.05, 3.63) is 57.3 Å². The first-order valence-electron chi connectivity index (χ1n) is 7.88. The summed E-state index contributed by atoms with van der Waals surface area (Å²) in [6, 6.07) is 8.51. The molecular weight excluding hydrogens is 391 g/mol. The highest BCUT2D eigenvalue weighted by atomic mass is 79.9. The van der Waals surface area contributed by atoms with E-state index in [2.05, 4.69) is 15.9 Å². The lowest BCUT2D eigenvalue weighted by Crippen LogP contribution is -2.16. The second-order valence-electron chi connectivity index (χ2n) is 5.39. The van der Waals surface area contributed by atoms with Crippen LogP contribution in [-0.4, -0.2) is 18.9 Å². The molecule has 132 valence electrons. The first-order valence-corrected chi connectivity index (χ1v) is 8.67. The minimum Gasteiger partial charge on any atom is -0.492 e. The third-order valence-electron chi connectivity index (χ3n) is 3.63. The second-order valence-corrected chi connectivity index (χ2v) is 6.19. The van der Waals surface area contributed by atoms with Gasteiger partial charge in [0.25, 0.3) is 0 Å². The number of carbonyl (C=O) groups excluding carboxylic acids is 2. The van der Waals surface area contributed by atoms with E-state index in [1.165, 1.54) is 0 Å². The molecule has 0 aliphatic heterocycles. The van der Waals surface area contributed by atoms with Crippen LogP contribution < -0.4 is 9.47 Å². The van der Waals surface area contributed by atoms with E-state index in [9.17, 15) is 14.0 Å². The van der Waals surface area contributed by atoms with E-state index in [-0.39, 0.29) is 28.0 Å². The molecule has 0 fully saturated rings. The first-order chi connectivity index (χ1) is 12.0. The van der Waals surface area contributed by atoms with Gasteiger partial charge in [-0.3, -0.25) is 4.79 Å². The minimum absolute atomic E-state index is 0.0373. The van der Waals surface area contributed by atoms with Crippen molar-refractivity contribution in [1.82, 2.24) is 0 Å². The van der Waals surface area contributed by atoms with E-state index >= 15 is 0 Å². The van der Waals surface area contributed by atoms with Gasteiger partial charge >= 0.3 is 5.97 Å². The number of benzene rings is 2. The molecule has 0 aliphatic carbocycles. The number of ether oxygens (including phenoxy) is 2. The third kappa shape index (κ3) is 4.25. The SMILES string of the molecule is CCCCOc1c(C=O)c(F)c(Br)c(C)c1C(=O)Oc1ccccc1. The lowest BCUT2D eigenvalue weighted by molar-refractivity contribution is 0.0729. The number of hydrogen-bond donors (Lipinski definition) is 0. The van der Waals surface area contributed by atoms with Crippen molar-refractivity contribution in [3.8, 4) is 11.5 Å². The molecule has 0 saturated heterocycles. The second kappa shape index (κ2) is 8.76. The molecule has 0 saturated carbocycles.